The highest BCUT2D eigenvalue weighted by molar-refractivity contribution is 7.98. The zero-order valence-electron chi connectivity index (χ0n) is 17.9. The summed E-state index contributed by atoms with van der Waals surface area (Å²) in [5.74, 6) is 0.686. The fraction of sp³-hybridized carbons (Fsp3) is 0.143. The number of hydrogen-bond acceptors (Lipinski definition) is 10. The van der Waals surface area contributed by atoms with Gasteiger partial charge in [-0.1, -0.05) is 16.8 Å². The number of amides is 1. The van der Waals surface area contributed by atoms with Gasteiger partial charge in [-0.3, -0.25) is 4.79 Å². The summed E-state index contributed by atoms with van der Waals surface area (Å²) >= 11 is 7.41. The van der Waals surface area contributed by atoms with Gasteiger partial charge in [-0.2, -0.15) is 9.78 Å². The number of hydrazone groups is 1. The minimum absolute atomic E-state index is 0.0168. The summed E-state index contributed by atoms with van der Waals surface area (Å²) in [6, 6.07) is 14.6. The summed E-state index contributed by atoms with van der Waals surface area (Å²) in [6.45, 7) is 2.50. The van der Waals surface area contributed by atoms with Crippen LogP contribution in [0.25, 0.3) is 5.82 Å². The van der Waals surface area contributed by atoms with Gasteiger partial charge in [-0.05, 0) is 71.3 Å². The van der Waals surface area contributed by atoms with E-state index in [9.17, 15) is 4.79 Å². The van der Waals surface area contributed by atoms with E-state index >= 15 is 0 Å². The Kier molecular flexibility index (Phi) is 7.40. The molecule has 2 heterocycles. The Hall–Kier alpha value is -3.90. The Labute approximate surface area is 203 Å². The molecule has 0 unspecified atom stereocenters. The van der Waals surface area contributed by atoms with Crippen LogP contribution in [0, 0.1) is 0 Å². The number of rotatable bonds is 9. The molecule has 0 aliphatic rings. The molecule has 1 amide bonds. The van der Waals surface area contributed by atoms with E-state index in [0.29, 0.717) is 23.1 Å². The number of nitrogens with one attached hydrogen (secondary N) is 1. The van der Waals surface area contributed by atoms with Crippen molar-refractivity contribution in [3.05, 3.63) is 70.5 Å². The highest BCUT2D eigenvalue weighted by Gasteiger charge is 2.24. The number of nitrogens with zero attached hydrogens (tertiary/aromatic N) is 6. The third-order valence-corrected chi connectivity index (χ3v) is 5.71. The topological polar surface area (TPSA) is 146 Å². The molecule has 3 N–H and O–H groups in total. The summed E-state index contributed by atoms with van der Waals surface area (Å²) in [5, 5.41) is 20.0. The molecule has 11 nitrogen and oxygen atoms in total. The van der Waals surface area contributed by atoms with Crippen molar-refractivity contribution in [3.63, 3.8) is 0 Å². The van der Waals surface area contributed by atoms with Crippen LogP contribution in [0.3, 0.4) is 0 Å². The monoisotopic (exact) mass is 498 g/mol. The van der Waals surface area contributed by atoms with E-state index in [4.69, 9.17) is 22.1 Å². The standard InChI is InChI=1S/C21H19ClN8O3S/c1-2-32-15-7-3-13(4-8-15)11-24-26-21(31)18-17(12-34-16-9-5-14(22)6-10-16)30(29-25-18)20-19(23)27-33-28-20/h3-11H,2,12H2,1H3,(H2,23,27)(H,26,31)/b24-11-. The molecule has 0 fully saturated rings. The second-order valence-electron chi connectivity index (χ2n) is 6.71. The number of nitrogen functional groups attached to an aromatic ring is 1. The number of carbonyl (C=O) groups is 1. The Morgan fingerprint density at radius 2 is 2.00 bits per heavy atom. The summed E-state index contributed by atoms with van der Waals surface area (Å²) in [4.78, 5) is 13.8. The van der Waals surface area contributed by atoms with Gasteiger partial charge < -0.3 is 10.5 Å². The number of ether oxygens (including phenoxy) is 1. The van der Waals surface area contributed by atoms with Crippen molar-refractivity contribution in [2.75, 3.05) is 12.3 Å². The van der Waals surface area contributed by atoms with Gasteiger partial charge in [0.05, 0.1) is 18.5 Å². The molecule has 4 aromatic rings. The van der Waals surface area contributed by atoms with Crippen molar-refractivity contribution in [3.8, 4) is 11.6 Å². The molecule has 4 rings (SSSR count). The first-order valence-corrected chi connectivity index (χ1v) is 11.4. The number of anilines is 1. The molecule has 13 heteroatoms. The first kappa shape index (κ1) is 23.3. The molecule has 2 aromatic heterocycles. The quantitative estimate of drug-likeness (QED) is 0.201. The van der Waals surface area contributed by atoms with Crippen molar-refractivity contribution in [2.45, 2.75) is 17.6 Å². The highest BCUT2D eigenvalue weighted by atomic mass is 35.5. The number of carbonyl (C=O) groups excluding carboxylic acids is 1. The van der Waals surface area contributed by atoms with Gasteiger partial charge in [-0.25, -0.2) is 10.1 Å². The Morgan fingerprint density at radius 1 is 1.24 bits per heavy atom. The van der Waals surface area contributed by atoms with Crippen LogP contribution < -0.4 is 15.9 Å². The van der Waals surface area contributed by atoms with Crippen LogP contribution in [-0.4, -0.2) is 44.0 Å². The van der Waals surface area contributed by atoms with Crippen LogP contribution in [0.5, 0.6) is 5.75 Å². The van der Waals surface area contributed by atoms with Crippen molar-refractivity contribution in [1.82, 2.24) is 30.7 Å². The molecule has 0 radical (unpaired) electrons. The second kappa shape index (κ2) is 10.8. The summed E-state index contributed by atoms with van der Waals surface area (Å²) in [6.07, 6.45) is 1.51. The molecule has 2 aromatic carbocycles. The minimum Gasteiger partial charge on any atom is -0.494 e. The van der Waals surface area contributed by atoms with E-state index in [2.05, 4.69) is 35.8 Å². The number of halogens is 1. The number of benzene rings is 2. The second-order valence-corrected chi connectivity index (χ2v) is 8.20. The van der Waals surface area contributed by atoms with E-state index < -0.39 is 5.91 Å². The lowest BCUT2D eigenvalue weighted by Crippen LogP contribution is -2.20. The zero-order valence-corrected chi connectivity index (χ0v) is 19.5. The fourth-order valence-corrected chi connectivity index (χ4v) is 3.85. The van der Waals surface area contributed by atoms with E-state index in [1.165, 1.54) is 22.7 Å². The number of aromatic nitrogens is 5. The summed E-state index contributed by atoms with van der Waals surface area (Å²) < 4.78 is 11.4. The molecule has 0 saturated heterocycles. The largest absolute Gasteiger partial charge is 0.494 e. The third-order valence-electron chi connectivity index (χ3n) is 4.43. The maximum Gasteiger partial charge on any atom is 0.293 e. The predicted octanol–water partition coefficient (Wildman–Crippen LogP) is 3.34. The maximum absolute atomic E-state index is 12.8. The first-order chi connectivity index (χ1) is 16.5. The number of nitrogens with two attached hydrogens (primary N) is 1. The van der Waals surface area contributed by atoms with Gasteiger partial charge in [0.25, 0.3) is 5.91 Å². The van der Waals surface area contributed by atoms with Crippen molar-refractivity contribution < 1.29 is 14.2 Å². The smallest absolute Gasteiger partial charge is 0.293 e. The average Bonchev–Trinajstić information content (AvgIpc) is 3.45. The lowest BCUT2D eigenvalue weighted by molar-refractivity contribution is 0.0949. The van der Waals surface area contributed by atoms with Gasteiger partial charge in [0.15, 0.2) is 5.69 Å². The van der Waals surface area contributed by atoms with Crippen molar-refractivity contribution in [1.29, 1.82) is 0 Å². The Morgan fingerprint density at radius 3 is 2.68 bits per heavy atom. The molecular weight excluding hydrogens is 480 g/mol. The third kappa shape index (κ3) is 5.53. The van der Waals surface area contributed by atoms with Crippen LogP contribution in [0.4, 0.5) is 5.82 Å². The van der Waals surface area contributed by atoms with E-state index in [1.807, 2.05) is 43.3 Å². The van der Waals surface area contributed by atoms with Crippen LogP contribution in [0.2, 0.25) is 5.02 Å². The normalized spacial score (nSPS) is 11.1. The summed E-state index contributed by atoms with van der Waals surface area (Å²) in [5.41, 5.74) is 9.58. The predicted molar refractivity (Wildman–Crippen MR) is 127 cm³/mol. The fourth-order valence-electron chi connectivity index (χ4n) is 2.83. The van der Waals surface area contributed by atoms with Gasteiger partial charge in [0.1, 0.15) is 5.75 Å². The zero-order chi connectivity index (χ0) is 23.9. The lowest BCUT2D eigenvalue weighted by atomic mass is 10.2. The SMILES string of the molecule is CCOc1ccc(/C=N\NC(=O)c2nnn(-c3nonc3N)c2CSc2ccc(Cl)cc2)cc1. The molecule has 0 atom stereocenters. The number of thioether (sulfide) groups is 1. The van der Waals surface area contributed by atoms with Crippen LogP contribution in [0.15, 0.2) is 63.2 Å². The maximum atomic E-state index is 12.8. The van der Waals surface area contributed by atoms with Gasteiger partial charge in [0.2, 0.25) is 11.6 Å². The Balaban J connectivity index is 1.52. The van der Waals surface area contributed by atoms with Crippen LogP contribution in [0.1, 0.15) is 28.7 Å². The van der Waals surface area contributed by atoms with E-state index in [1.54, 1.807) is 12.1 Å². The lowest BCUT2D eigenvalue weighted by Gasteiger charge is -2.06. The van der Waals surface area contributed by atoms with Gasteiger partial charge in [-0.15, -0.1) is 16.9 Å². The molecule has 174 valence electrons. The minimum atomic E-state index is -0.546. The van der Waals surface area contributed by atoms with Crippen molar-refractivity contribution >= 4 is 41.3 Å². The highest BCUT2D eigenvalue weighted by Crippen LogP contribution is 2.27. The molecule has 0 aliphatic carbocycles. The molecule has 0 aliphatic heterocycles. The van der Waals surface area contributed by atoms with Crippen LogP contribution in [-0.2, 0) is 5.75 Å². The molecule has 0 spiro atoms. The van der Waals surface area contributed by atoms with E-state index in [-0.39, 0.29) is 17.3 Å². The van der Waals surface area contributed by atoms with E-state index in [0.717, 1.165) is 16.2 Å². The molecule has 34 heavy (non-hydrogen) atoms. The molecule has 0 bridgehead atoms. The number of hydrogen-bond donors (Lipinski definition) is 2. The molecular formula is C21H19ClN8O3S. The molecule has 0 saturated carbocycles. The van der Waals surface area contributed by atoms with Crippen molar-refractivity contribution in [2.24, 2.45) is 5.10 Å². The van der Waals surface area contributed by atoms with Crippen LogP contribution >= 0.6 is 23.4 Å². The average molecular weight is 499 g/mol. The first-order valence-electron chi connectivity index (χ1n) is 10.0. The summed E-state index contributed by atoms with van der Waals surface area (Å²) in [7, 11) is 0. The van der Waals surface area contributed by atoms with Gasteiger partial charge in [0, 0.05) is 15.7 Å². The Bertz CT molecular complexity index is 1290. The van der Waals surface area contributed by atoms with Gasteiger partial charge >= 0.3 is 0 Å².